The van der Waals surface area contributed by atoms with Crippen molar-refractivity contribution in [2.75, 3.05) is 0 Å². The van der Waals surface area contributed by atoms with Crippen molar-refractivity contribution in [3.05, 3.63) is 53.9 Å². The summed E-state index contributed by atoms with van der Waals surface area (Å²) in [5, 5.41) is 7.45. The van der Waals surface area contributed by atoms with Gasteiger partial charge in [0.2, 0.25) is 0 Å². The molecule has 0 aliphatic carbocycles. The standard InChI is InChI=1S/C15H17N3O4S/c1-4-5-15(22-12(3)19)14-10-18(17-16-14)23(20,21)13-8-6-11(2)7-9-13/h4-10,15H,1-3H3/b5-4+. The predicted octanol–water partition coefficient (Wildman–Crippen LogP) is 2.00. The summed E-state index contributed by atoms with van der Waals surface area (Å²) in [4.78, 5) is 11.2. The molecular weight excluding hydrogens is 318 g/mol. The largest absolute Gasteiger partial charge is 0.452 e. The number of nitrogens with zero attached hydrogens (tertiary/aromatic N) is 3. The lowest BCUT2D eigenvalue weighted by Gasteiger charge is -2.09. The van der Waals surface area contributed by atoms with E-state index in [-0.39, 0.29) is 10.6 Å². The van der Waals surface area contributed by atoms with E-state index in [2.05, 4.69) is 10.3 Å². The Labute approximate surface area is 134 Å². The fraction of sp³-hybridized carbons (Fsp3) is 0.267. The van der Waals surface area contributed by atoms with Crippen LogP contribution in [-0.4, -0.2) is 28.8 Å². The molecule has 0 spiro atoms. The van der Waals surface area contributed by atoms with Crippen molar-refractivity contribution >= 4 is 16.0 Å². The van der Waals surface area contributed by atoms with Crippen molar-refractivity contribution in [2.24, 2.45) is 0 Å². The zero-order valence-electron chi connectivity index (χ0n) is 13.0. The van der Waals surface area contributed by atoms with Crippen LogP contribution in [0, 0.1) is 6.92 Å². The highest BCUT2D eigenvalue weighted by molar-refractivity contribution is 7.89. The van der Waals surface area contributed by atoms with Gasteiger partial charge in [-0.2, -0.15) is 8.42 Å². The lowest BCUT2D eigenvalue weighted by atomic mass is 10.2. The Morgan fingerprint density at radius 2 is 1.96 bits per heavy atom. The molecule has 7 nitrogen and oxygen atoms in total. The summed E-state index contributed by atoms with van der Waals surface area (Å²) in [5.74, 6) is -0.496. The predicted molar refractivity (Wildman–Crippen MR) is 83.1 cm³/mol. The van der Waals surface area contributed by atoms with E-state index >= 15 is 0 Å². The monoisotopic (exact) mass is 335 g/mol. The summed E-state index contributed by atoms with van der Waals surface area (Å²) in [6.45, 7) is 4.89. The van der Waals surface area contributed by atoms with Gasteiger partial charge in [-0.05, 0) is 32.1 Å². The summed E-state index contributed by atoms with van der Waals surface area (Å²) in [6.07, 6.45) is 3.73. The molecule has 0 aliphatic heterocycles. The van der Waals surface area contributed by atoms with Gasteiger partial charge in [0.25, 0.3) is 10.0 Å². The second-order valence-electron chi connectivity index (χ2n) is 4.89. The minimum Gasteiger partial charge on any atom is -0.452 e. The number of aromatic nitrogens is 3. The Balaban J connectivity index is 2.37. The van der Waals surface area contributed by atoms with Crippen molar-refractivity contribution in [3.63, 3.8) is 0 Å². The Morgan fingerprint density at radius 3 is 2.52 bits per heavy atom. The van der Waals surface area contributed by atoms with Crippen LogP contribution in [0.5, 0.6) is 0 Å². The molecule has 8 heteroatoms. The summed E-state index contributed by atoms with van der Waals surface area (Å²) < 4.78 is 30.9. The molecule has 1 aromatic heterocycles. The Bertz CT molecular complexity index is 823. The molecule has 0 fully saturated rings. The number of hydrogen-bond donors (Lipinski definition) is 0. The van der Waals surface area contributed by atoms with Crippen molar-refractivity contribution in [3.8, 4) is 0 Å². The van der Waals surface area contributed by atoms with Gasteiger partial charge in [0.05, 0.1) is 11.1 Å². The van der Waals surface area contributed by atoms with Crippen LogP contribution in [0.2, 0.25) is 0 Å². The minimum absolute atomic E-state index is 0.106. The van der Waals surface area contributed by atoms with Crippen molar-refractivity contribution in [2.45, 2.75) is 31.8 Å². The average Bonchev–Trinajstić information content (AvgIpc) is 2.97. The van der Waals surface area contributed by atoms with Crippen LogP contribution in [-0.2, 0) is 19.6 Å². The van der Waals surface area contributed by atoms with E-state index < -0.39 is 22.1 Å². The van der Waals surface area contributed by atoms with E-state index in [4.69, 9.17) is 4.74 Å². The molecule has 2 rings (SSSR count). The third kappa shape index (κ3) is 3.84. The van der Waals surface area contributed by atoms with Gasteiger partial charge >= 0.3 is 5.97 Å². The molecule has 122 valence electrons. The van der Waals surface area contributed by atoms with Crippen LogP contribution in [0.1, 0.15) is 31.2 Å². The molecule has 0 amide bonds. The molecule has 1 heterocycles. The molecule has 2 aromatic rings. The number of carbonyl (C=O) groups excluding carboxylic acids is 1. The highest BCUT2D eigenvalue weighted by atomic mass is 32.2. The second-order valence-corrected chi connectivity index (χ2v) is 6.69. The van der Waals surface area contributed by atoms with Crippen LogP contribution in [0.4, 0.5) is 0 Å². The Morgan fingerprint density at radius 1 is 1.30 bits per heavy atom. The molecule has 23 heavy (non-hydrogen) atoms. The number of rotatable bonds is 5. The Kier molecular flexibility index (Phi) is 4.95. The normalized spacial score (nSPS) is 13.2. The number of hydrogen-bond acceptors (Lipinski definition) is 6. The Hall–Kier alpha value is -2.48. The molecule has 0 radical (unpaired) electrons. The summed E-state index contributed by atoms with van der Waals surface area (Å²) in [7, 11) is -3.83. The minimum atomic E-state index is -3.83. The summed E-state index contributed by atoms with van der Waals surface area (Å²) in [5.41, 5.74) is 1.18. The molecule has 1 aromatic carbocycles. The van der Waals surface area contributed by atoms with Crippen LogP contribution in [0.3, 0.4) is 0 Å². The molecule has 1 unspecified atom stereocenters. The molecular formula is C15H17N3O4S. The smallest absolute Gasteiger partial charge is 0.303 e. The van der Waals surface area contributed by atoms with Crippen LogP contribution in [0.25, 0.3) is 0 Å². The highest BCUT2D eigenvalue weighted by Gasteiger charge is 2.22. The maximum atomic E-state index is 12.5. The van der Waals surface area contributed by atoms with Gasteiger partial charge in [-0.15, -0.1) is 9.19 Å². The van der Waals surface area contributed by atoms with E-state index in [1.54, 1.807) is 31.2 Å². The summed E-state index contributed by atoms with van der Waals surface area (Å²) in [6, 6.07) is 6.40. The van der Waals surface area contributed by atoms with Gasteiger partial charge in [-0.25, -0.2) is 0 Å². The zero-order chi connectivity index (χ0) is 17.0. The maximum absolute atomic E-state index is 12.5. The first kappa shape index (κ1) is 16.9. The zero-order valence-corrected chi connectivity index (χ0v) is 13.8. The fourth-order valence-electron chi connectivity index (χ4n) is 1.88. The van der Waals surface area contributed by atoms with Gasteiger partial charge in [0, 0.05) is 6.92 Å². The first-order valence-electron chi connectivity index (χ1n) is 6.89. The van der Waals surface area contributed by atoms with Gasteiger partial charge in [-0.1, -0.05) is 29.0 Å². The van der Waals surface area contributed by atoms with Gasteiger partial charge in [0.15, 0.2) is 6.10 Å². The van der Waals surface area contributed by atoms with Crippen LogP contribution < -0.4 is 0 Å². The molecule has 0 saturated heterocycles. The van der Waals surface area contributed by atoms with E-state index in [1.807, 2.05) is 6.92 Å². The molecule has 1 atom stereocenters. The number of ether oxygens (including phenoxy) is 1. The van der Waals surface area contributed by atoms with Gasteiger partial charge in [0.1, 0.15) is 5.69 Å². The van der Waals surface area contributed by atoms with Crippen LogP contribution in [0.15, 0.2) is 47.5 Å². The van der Waals surface area contributed by atoms with Crippen molar-refractivity contribution in [1.29, 1.82) is 0 Å². The van der Waals surface area contributed by atoms with E-state index in [0.717, 1.165) is 9.65 Å². The number of aryl methyl sites for hydroxylation is 1. The van der Waals surface area contributed by atoms with E-state index in [9.17, 15) is 13.2 Å². The summed E-state index contributed by atoms with van der Waals surface area (Å²) >= 11 is 0. The lowest BCUT2D eigenvalue weighted by molar-refractivity contribution is -0.144. The molecule has 0 N–H and O–H groups in total. The maximum Gasteiger partial charge on any atom is 0.303 e. The lowest BCUT2D eigenvalue weighted by Crippen LogP contribution is -2.13. The van der Waals surface area contributed by atoms with Gasteiger partial charge in [-0.3, -0.25) is 4.79 Å². The van der Waals surface area contributed by atoms with Crippen molar-refractivity contribution in [1.82, 2.24) is 14.4 Å². The molecule has 0 bridgehead atoms. The number of carbonyl (C=O) groups is 1. The third-order valence-electron chi connectivity index (χ3n) is 3.01. The first-order chi connectivity index (χ1) is 10.8. The SMILES string of the molecule is C/C=C/C(OC(C)=O)c1cn(S(=O)(=O)c2ccc(C)cc2)nn1. The first-order valence-corrected chi connectivity index (χ1v) is 8.33. The van der Waals surface area contributed by atoms with E-state index in [1.165, 1.54) is 25.3 Å². The number of allylic oxidation sites excluding steroid dienone is 1. The molecule has 0 aliphatic rings. The fourth-order valence-corrected chi connectivity index (χ4v) is 2.95. The highest BCUT2D eigenvalue weighted by Crippen LogP contribution is 2.19. The quantitative estimate of drug-likeness (QED) is 0.613. The third-order valence-corrected chi connectivity index (χ3v) is 4.55. The second kappa shape index (κ2) is 6.74. The van der Waals surface area contributed by atoms with Gasteiger partial charge < -0.3 is 4.74 Å². The number of esters is 1. The number of benzene rings is 1. The van der Waals surface area contributed by atoms with E-state index in [0.29, 0.717) is 0 Å². The average molecular weight is 335 g/mol. The molecule has 0 saturated carbocycles. The van der Waals surface area contributed by atoms with Crippen LogP contribution >= 0.6 is 0 Å². The topological polar surface area (TPSA) is 91.2 Å². The van der Waals surface area contributed by atoms with Crippen molar-refractivity contribution < 1.29 is 17.9 Å².